The maximum absolute atomic E-state index is 12.4. The van der Waals surface area contributed by atoms with Gasteiger partial charge in [0.2, 0.25) is 0 Å². The number of furan rings is 1. The number of carbonyl (C=O) groups is 1. The highest BCUT2D eigenvalue weighted by molar-refractivity contribution is 5.93. The Bertz CT molecular complexity index is 429. The fourth-order valence-corrected chi connectivity index (χ4v) is 2.70. The van der Waals surface area contributed by atoms with Gasteiger partial charge in [-0.2, -0.15) is 0 Å². The van der Waals surface area contributed by atoms with Crippen LogP contribution in [0, 0.1) is 19.8 Å². The van der Waals surface area contributed by atoms with Gasteiger partial charge >= 0.3 is 0 Å². The lowest BCUT2D eigenvalue weighted by molar-refractivity contribution is 0.0640. The second-order valence-corrected chi connectivity index (χ2v) is 5.19. The van der Waals surface area contributed by atoms with Gasteiger partial charge in [-0.15, -0.1) is 12.4 Å². The standard InChI is InChI=1S/C14H22N2O2.ClH/c1-10-7-11(2)18-13(10)14(17)16-6-4-5-12(9-16)8-15-3;/h7,12,15H,4-6,8-9H2,1-3H3;1H. The third-order valence-corrected chi connectivity index (χ3v) is 3.53. The summed E-state index contributed by atoms with van der Waals surface area (Å²) in [5.41, 5.74) is 0.938. The molecule has 0 saturated carbocycles. The Hall–Kier alpha value is -1.00. The third-order valence-electron chi connectivity index (χ3n) is 3.53. The van der Waals surface area contributed by atoms with Crippen molar-refractivity contribution in [3.05, 3.63) is 23.2 Å². The summed E-state index contributed by atoms with van der Waals surface area (Å²) in [4.78, 5) is 14.3. The van der Waals surface area contributed by atoms with E-state index in [1.807, 2.05) is 31.9 Å². The quantitative estimate of drug-likeness (QED) is 0.928. The van der Waals surface area contributed by atoms with Crippen molar-refractivity contribution in [1.29, 1.82) is 0 Å². The number of halogens is 1. The van der Waals surface area contributed by atoms with Crippen LogP contribution in [0.25, 0.3) is 0 Å². The molecule has 0 radical (unpaired) electrons. The molecule has 1 aromatic rings. The first-order valence-corrected chi connectivity index (χ1v) is 6.62. The van der Waals surface area contributed by atoms with Crippen molar-refractivity contribution in [2.75, 3.05) is 26.7 Å². The van der Waals surface area contributed by atoms with Crippen LogP contribution in [0.15, 0.2) is 10.5 Å². The van der Waals surface area contributed by atoms with Crippen molar-refractivity contribution in [2.24, 2.45) is 5.92 Å². The van der Waals surface area contributed by atoms with Crippen LogP contribution in [-0.2, 0) is 0 Å². The zero-order valence-electron chi connectivity index (χ0n) is 11.9. The first-order chi connectivity index (χ1) is 8.61. The number of carbonyl (C=O) groups excluding carboxylic acids is 1. The number of hydrogen-bond donors (Lipinski definition) is 1. The molecular weight excluding hydrogens is 264 g/mol. The molecule has 1 fully saturated rings. The number of amides is 1. The molecular formula is C14H23ClN2O2. The lowest BCUT2D eigenvalue weighted by Gasteiger charge is -2.32. The van der Waals surface area contributed by atoms with Crippen LogP contribution in [-0.4, -0.2) is 37.5 Å². The summed E-state index contributed by atoms with van der Waals surface area (Å²) in [7, 11) is 1.96. The van der Waals surface area contributed by atoms with Crippen LogP contribution in [0.1, 0.15) is 34.7 Å². The summed E-state index contributed by atoms with van der Waals surface area (Å²) in [6, 6.07) is 1.92. The molecule has 1 N–H and O–H groups in total. The van der Waals surface area contributed by atoms with E-state index >= 15 is 0 Å². The predicted octanol–water partition coefficient (Wildman–Crippen LogP) is 2.39. The molecule has 1 aliphatic rings. The van der Waals surface area contributed by atoms with E-state index in [4.69, 9.17) is 4.42 Å². The molecule has 1 amide bonds. The molecule has 1 saturated heterocycles. The van der Waals surface area contributed by atoms with Crippen LogP contribution >= 0.6 is 12.4 Å². The number of likely N-dealkylation sites (tertiary alicyclic amines) is 1. The number of aryl methyl sites for hydroxylation is 2. The molecule has 0 aromatic carbocycles. The Morgan fingerprint density at radius 3 is 2.84 bits per heavy atom. The van der Waals surface area contributed by atoms with Gasteiger partial charge in [0.1, 0.15) is 5.76 Å². The topological polar surface area (TPSA) is 45.5 Å². The highest BCUT2D eigenvalue weighted by atomic mass is 35.5. The number of nitrogens with zero attached hydrogens (tertiary/aromatic N) is 1. The summed E-state index contributed by atoms with van der Waals surface area (Å²) < 4.78 is 5.52. The lowest BCUT2D eigenvalue weighted by atomic mass is 9.97. The Morgan fingerprint density at radius 2 is 2.26 bits per heavy atom. The van der Waals surface area contributed by atoms with E-state index in [0.29, 0.717) is 11.7 Å². The molecule has 2 rings (SSSR count). The molecule has 4 nitrogen and oxygen atoms in total. The Kier molecular flexibility index (Phi) is 5.88. The van der Waals surface area contributed by atoms with Crippen molar-refractivity contribution in [3.8, 4) is 0 Å². The van der Waals surface area contributed by atoms with Gasteiger partial charge in [-0.05, 0) is 52.3 Å². The lowest BCUT2D eigenvalue weighted by Crippen LogP contribution is -2.42. The maximum atomic E-state index is 12.4. The van der Waals surface area contributed by atoms with Gasteiger partial charge in [0.15, 0.2) is 5.76 Å². The molecule has 2 heterocycles. The maximum Gasteiger partial charge on any atom is 0.289 e. The SMILES string of the molecule is CNCC1CCCN(C(=O)c2oc(C)cc2C)C1.Cl. The van der Waals surface area contributed by atoms with Crippen molar-refractivity contribution >= 4 is 18.3 Å². The second-order valence-electron chi connectivity index (χ2n) is 5.19. The largest absolute Gasteiger partial charge is 0.456 e. The second kappa shape index (κ2) is 6.96. The minimum Gasteiger partial charge on any atom is -0.456 e. The van der Waals surface area contributed by atoms with E-state index in [2.05, 4.69) is 5.32 Å². The van der Waals surface area contributed by atoms with E-state index < -0.39 is 0 Å². The zero-order valence-corrected chi connectivity index (χ0v) is 12.7. The van der Waals surface area contributed by atoms with Crippen LogP contribution in [0.4, 0.5) is 0 Å². The summed E-state index contributed by atoms with van der Waals surface area (Å²) in [5, 5.41) is 3.19. The number of hydrogen-bond acceptors (Lipinski definition) is 3. The molecule has 1 aromatic heterocycles. The van der Waals surface area contributed by atoms with Crippen LogP contribution in [0.2, 0.25) is 0 Å². The average Bonchev–Trinajstić information content (AvgIpc) is 2.68. The van der Waals surface area contributed by atoms with Gasteiger partial charge in [0, 0.05) is 18.7 Å². The van der Waals surface area contributed by atoms with E-state index in [1.54, 1.807) is 0 Å². The van der Waals surface area contributed by atoms with Crippen molar-refractivity contribution in [3.63, 3.8) is 0 Å². The van der Waals surface area contributed by atoms with Gasteiger partial charge in [-0.25, -0.2) is 0 Å². The molecule has 0 spiro atoms. The normalized spacial score (nSPS) is 19.1. The van der Waals surface area contributed by atoms with Crippen LogP contribution in [0.5, 0.6) is 0 Å². The molecule has 1 aliphatic heterocycles. The van der Waals surface area contributed by atoms with E-state index in [0.717, 1.165) is 37.4 Å². The van der Waals surface area contributed by atoms with Crippen molar-refractivity contribution in [2.45, 2.75) is 26.7 Å². The van der Waals surface area contributed by atoms with E-state index in [1.165, 1.54) is 6.42 Å². The van der Waals surface area contributed by atoms with Gasteiger partial charge in [-0.3, -0.25) is 4.79 Å². The molecule has 0 aliphatic carbocycles. The minimum absolute atomic E-state index is 0. The fourth-order valence-electron chi connectivity index (χ4n) is 2.70. The Labute approximate surface area is 120 Å². The van der Waals surface area contributed by atoms with E-state index in [-0.39, 0.29) is 18.3 Å². The minimum atomic E-state index is 0. The summed E-state index contributed by atoms with van der Waals surface area (Å²) in [5.74, 6) is 1.92. The van der Waals surface area contributed by atoms with E-state index in [9.17, 15) is 4.79 Å². The molecule has 1 unspecified atom stereocenters. The highest BCUT2D eigenvalue weighted by Crippen LogP contribution is 2.21. The van der Waals surface area contributed by atoms with Crippen molar-refractivity contribution in [1.82, 2.24) is 10.2 Å². The molecule has 108 valence electrons. The van der Waals surface area contributed by atoms with Gasteiger partial charge in [-0.1, -0.05) is 0 Å². The van der Waals surface area contributed by atoms with Gasteiger partial charge < -0.3 is 14.6 Å². The monoisotopic (exact) mass is 286 g/mol. The summed E-state index contributed by atoms with van der Waals surface area (Å²) in [6.07, 6.45) is 2.28. The van der Waals surface area contributed by atoms with Crippen LogP contribution in [0.3, 0.4) is 0 Å². The first-order valence-electron chi connectivity index (χ1n) is 6.62. The third kappa shape index (κ3) is 3.74. The highest BCUT2D eigenvalue weighted by Gasteiger charge is 2.26. The van der Waals surface area contributed by atoms with Gasteiger partial charge in [0.05, 0.1) is 0 Å². The Morgan fingerprint density at radius 1 is 1.53 bits per heavy atom. The predicted molar refractivity (Wildman–Crippen MR) is 78.0 cm³/mol. The smallest absolute Gasteiger partial charge is 0.289 e. The molecule has 19 heavy (non-hydrogen) atoms. The average molecular weight is 287 g/mol. The number of rotatable bonds is 3. The van der Waals surface area contributed by atoms with Crippen molar-refractivity contribution < 1.29 is 9.21 Å². The summed E-state index contributed by atoms with van der Waals surface area (Å²) in [6.45, 7) is 6.46. The van der Waals surface area contributed by atoms with Gasteiger partial charge in [0.25, 0.3) is 5.91 Å². The van der Waals surface area contributed by atoms with Crippen LogP contribution < -0.4 is 5.32 Å². The fraction of sp³-hybridized carbons (Fsp3) is 0.643. The first kappa shape index (κ1) is 16.1. The molecule has 1 atom stereocenters. The Balaban J connectivity index is 0.00000180. The number of nitrogens with one attached hydrogen (secondary N) is 1. The number of piperidine rings is 1. The zero-order chi connectivity index (χ0) is 13.1. The summed E-state index contributed by atoms with van der Waals surface area (Å²) >= 11 is 0. The molecule has 0 bridgehead atoms. The molecule has 5 heteroatoms.